The minimum atomic E-state index is -0.0243. The van der Waals surface area contributed by atoms with Crippen molar-refractivity contribution in [3.8, 4) is 11.3 Å². The van der Waals surface area contributed by atoms with Gasteiger partial charge in [0.15, 0.2) is 5.43 Å². The molecule has 94 valence electrons. The maximum absolute atomic E-state index is 12.2. The Morgan fingerprint density at radius 1 is 1.00 bits per heavy atom. The van der Waals surface area contributed by atoms with Crippen LogP contribution in [0.5, 0.6) is 0 Å². The van der Waals surface area contributed by atoms with Crippen LogP contribution in [-0.2, 0) is 5.75 Å². The molecule has 0 radical (unpaired) electrons. The zero-order valence-electron chi connectivity index (χ0n) is 10.2. The van der Waals surface area contributed by atoms with Crippen molar-refractivity contribution in [3.05, 3.63) is 70.4 Å². The Balaban J connectivity index is 2.33. The van der Waals surface area contributed by atoms with Crippen LogP contribution in [0.15, 0.2) is 63.8 Å². The molecule has 0 saturated carbocycles. The van der Waals surface area contributed by atoms with Gasteiger partial charge in [-0.05, 0) is 6.07 Å². The molecule has 19 heavy (non-hydrogen) atoms. The van der Waals surface area contributed by atoms with E-state index in [1.165, 1.54) is 0 Å². The van der Waals surface area contributed by atoms with E-state index in [2.05, 4.69) is 12.6 Å². The third kappa shape index (κ3) is 2.17. The second kappa shape index (κ2) is 4.94. The average Bonchev–Trinajstić information content (AvgIpc) is 2.47. The van der Waals surface area contributed by atoms with Crippen LogP contribution < -0.4 is 5.43 Å². The van der Waals surface area contributed by atoms with Crippen molar-refractivity contribution in [2.45, 2.75) is 5.75 Å². The third-order valence-electron chi connectivity index (χ3n) is 3.06. The zero-order chi connectivity index (χ0) is 13.2. The zero-order valence-corrected chi connectivity index (χ0v) is 11.1. The van der Waals surface area contributed by atoms with Crippen LogP contribution in [0, 0.1) is 0 Å². The van der Waals surface area contributed by atoms with Crippen molar-refractivity contribution in [2.24, 2.45) is 0 Å². The van der Waals surface area contributed by atoms with Crippen LogP contribution in [0.4, 0.5) is 0 Å². The summed E-state index contributed by atoms with van der Waals surface area (Å²) in [4.78, 5) is 12.2. The number of fused-ring (bicyclic) bond motifs is 1. The minimum absolute atomic E-state index is 0.0243. The van der Waals surface area contributed by atoms with E-state index in [-0.39, 0.29) is 5.43 Å². The number of rotatable bonds is 2. The van der Waals surface area contributed by atoms with Gasteiger partial charge in [-0.2, -0.15) is 12.6 Å². The van der Waals surface area contributed by atoms with Gasteiger partial charge in [0.1, 0.15) is 11.3 Å². The van der Waals surface area contributed by atoms with Gasteiger partial charge in [0, 0.05) is 22.9 Å². The van der Waals surface area contributed by atoms with Crippen LogP contribution in [-0.4, -0.2) is 0 Å². The molecule has 0 amide bonds. The highest BCUT2D eigenvalue weighted by molar-refractivity contribution is 7.79. The largest absolute Gasteiger partial charge is 0.455 e. The van der Waals surface area contributed by atoms with E-state index < -0.39 is 0 Å². The number of benzene rings is 2. The molecule has 1 heterocycles. The molecule has 3 rings (SSSR count). The maximum atomic E-state index is 12.2. The molecule has 0 bridgehead atoms. The molecule has 0 fully saturated rings. The molecule has 2 aromatic carbocycles. The van der Waals surface area contributed by atoms with E-state index in [4.69, 9.17) is 4.42 Å². The van der Waals surface area contributed by atoms with Gasteiger partial charge in [-0.25, -0.2) is 0 Å². The fourth-order valence-electron chi connectivity index (χ4n) is 2.10. The Hall–Kier alpha value is -2.00. The van der Waals surface area contributed by atoms with Crippen LogP contribution in [0.25, 0.3) is 22.3 Å². The standard InChI is InChI=1S/C16H12O2S/c17-14-9-15(11-5-2-1-3-6-11)18-16-12(10-19)7-4-8-13(14)16/h1-9,19H,10H2. The monoisotopic (exact) mass is 268 g/mol. The quantitative estimate of drug-likeness (QED) is 0.715. The summed E-state index contributed by atoms with van der Waals surface area (Å²) in [6.07, 6.45) is 0. The van der Waals surface area contributed by atoms with Gasteiger partial charge in [0.05, 0.1) is 5.39 Å². The van der Waals surface area contributed by atoms with Crippen molar-refractivity contribution in [3.63, 3.8) is 0 Å². The topological polar surface area (TPSA) is 30.2 Å². The van der Waals surface area contributed by atoms with Gasteiger partial charge in [0.2, 0.25) is 0 Å². The lowest BCUT2D eigenvalue weighted by Crippen LogP contribution is -2.01. The lowest BCUT2D eigenvalue weighted by molar-refractivity contribution is 0.616. The van der Waals surface area contributed by atoms with Gasteiger partial charge >= 0.3 is 0 Å². The van der Waals surface area contributed by atoms with Crippen molar-refractivity contribution < 1.29 is 4.42 Å². The first-order valence-corrected chi connectivity index (χ1v) is 6.65. The molecule has 1 aromatic heterocycles. The molecule has 0 unspecified atom stereocenters. The van der Waals surface area contributed by atoms with Crippen LogP contribution in [0.1, 0.15) is 5.56 Å². The molecular formula is C16H12O2S. The first-order valence-electron chi connectivity index (χ1n) is 6.01. The molecular weight excluding hydrogens is 256 g/mol. The van der Waals surface area contributed by atoms with E-state index in [1.807, 2.05) is 42.5 Å². The number of hydrogen-bond donors (Lipinski definition) is 1. The van der Waals surface area contributed by atoms with E-state index in [0.29, 0.717) is 22.5 Å². The predicted molar refractivity (Wildman–Crippen MR) is 80.6 cm³/mol. The lowest BCUT2D eigenvalue weighted by Gasteiger charge is -2.06. The van der Waals surface area contributed by atoms with E-state index >= 15 is 0 Å². The summed E-state index contributed by atoms with van der Waals surface area (Å²) in [7, 11) is 0. The molecule has 0 saturated heterocycles. The third-order valence-corrected chi connectivity index (χ3v) is 3.41. The maximum Gasteiger partial charge on any atom is 0.193 e. The molecule has 0 aliphatic carbocycles. The summed E-state index contributed by atoms with van der Waals surface area (Å²) in [6.45, 7) is 0. The van der Waals surface area contributed by atoms with Crippen molar-refractivity contribution in [1.29, 1.82) is 0 Å². The first kappa shape index (κ1) is 12.1. The second-order valence-corrected chi connectivity index (χ2v) is 4.61. The Bertz CT molecular complexity index is 776. The van der Waals surface area contributed by atoms with Gasteiger partial charge in [-0.15, -0.1) is 0 Å². The normalized spacial score (nSPS) is 10.8. The molecule has 0 aliphatic rings. The fraction of sp³-hybridized carbons (Fsp3) is 0.0625. The summed E-state index contributed by atoms with van der Waals surface area (Å²) in [5.41, 5.74) is 2.43. The highest BCUT2D eigenvalue weighted by Gasteiger charge is 2.09. The summed E-state index contributed by atoms with van der Waals surface area (Å²) < 4.78 is 5.90. The Morgan fingerprint density at radius 3 is 2.53 bits per heavy atom. The van der Waals surface area contributed by atoms with E-state index in [0.717, 1.165) is 11.1 Å². The SMILES string of the molecule is O=c1cc(-c2ccccc2)oc2c(CS)cccc12. The summed E-state index contributed by atoms with van der Waals surface area (Å²) >= 11 is 4.28. The van der Waals surface area contributed by atoms with Crippen molar-refractivity contribution in [1.82, 2.24) is 0 Å². The summed E-state index contributed by atoms with van der Waals surface area (Å²) in [5, 5.41) is 0.603. The Morgan fingerprint density at radius 2 is 1.79 bits per heavy atom. The van der Waals surface area contributed by atoms with Crippen LogP contribution in [0.2, 0.25) is 0 Å². The molecule has 0 N–H and O–H groups in total. The Labute approximate surface area is 116 Å². The first-order chi connectivity index (χ1) is 9.29. The smallest absolute Gasteiger partial charge is 0.193 e. The van der Waals surface area contributed by atoms with E-state index in [9.17, 15) is 4.79 Å². The second-order valence-electron chi connectivity index (χ2n) is 4.29. The van der Waals surface area contributed by atoms with Crippen LogP contribution in [0.3, 0.4) is 0 Å². The van der Waals surface area contributed by atoms with Gasteiger partial charge < -0.3 is 4.42 Å². The van der Waals surface area contributed by atoms with Crippen molar-refractivity contribution >= 4 is 23.6 Å². The molecule has 3 aromatic rings. The number of hydrogen-bond acceptors (Lipinski definition) is 3. The van der Waals surface area contributed by atoms with E-state index in [1.54, 1.807) is 12.1 Å². The van der Waals surface area contributed by atoms with Crippen molar-refractivity contribution in [2.75, 3.05) is 0 Å². The molecule has 3 heteroatoms. The fourth-order valence-corrected chi connectivity index (χ4v) is 2.35. The number of para-hydroxylation sites is 1. The lowest BCUT2D eigenvalue weighted by atomic mass is 10.1. The molecule has 0 atom stereocenters. The Kier molecular flexibility index (Phi) is 3.13. The molecule has 0 spiro atoms. The van der Waals surface area contributed by atoms with Gasteiger partial charge in [0.25, 0.3) is 0 Å². The highest BCUT2D eigenvalue weighted by Crippen LogP contribution is 2.24. The summed E-state index contributed by atoms with van der Waals surface area (Å²) in [5.74, 6) is 1.13. The number of thiol groups is 1. The highest BCUT2D eigenvalue weighted by atomic mass is 32.1. The molecule has 0 aliphatic heterocycles. The molecule has 2 nitrogen and oxygen atoms in total. The average molecular weight is 268 g/mol. The van der Waals surface area contributed by atoms with Crippen LogP contribution >= 0.6 is 12.6 Å². The van der Waals surface area contributed by atoms with Gasteiger partial charge in [-0.1, -0.05) is 42.5 Å². The summed E-state index contributed by atoms with van der Waals surface area (Å²) in [6, 6.07) is 16.7. The minimum Gasteiger partial charge on any atom is -0.455 e. The van der Waals surface area contributed by atoms with Gasteiger partial charge in [-0.3, -0.25) is 4.79 Å². The predicted octanol–water partition coefficient (Wildman–Crippen LogP) is 3.89.